The predicted molar refractivity (Wildman–Crippen MR) is 93.6 cm³/mol. The lowest BCUT2D eigenvalue weighted by molar-refractivity contribution is -0.145. The molecule has 0 saturated carbocycles. The second-order valence-electron chi connectivity index (χ2n) is 6.14. The highest BCUT2D eigenvalue weighted by atomic mass is 32.2. The summed E-state index contributed by atoms with van der Waals surface area (Å²) < 4.78 is 0. The van der Waals surface area contributed by atoms with Crippen LogP contribution in [0.3, 0.4) is 0 Å². The number of aliphatic hydroxyl groups is 1. The van der Waals surface area contributed by atoms with E-state index >= 15 is 0 Å². The van der Waals surface area contributed by atoms with Gasteiger partial charge >= 0.3 is 5.97 Å². The third kappa shape index (κ3) is 8.51. The van der Waals surface area contributed by atoms with Crippen molar-refractivity contribution in [2.24, 2.45) is 11.7 Å². The third-order valence-corrected chi connectivity index (χ3v) is 4.00. The monoisotopic (exact) mass is 363 g/mol. The number of carbonyl (C=O) groups excluding carboxylic acids is 2. The Morgan fingerprint density at radius 3 is 2.12 bits per heavy atom. The lowest BCUT2D eigenvalue weighted by atomic mass is 10.0. The fraction of sp³-hybridized carbons (Fsp3) is 0.800. The van der Waals surface area contributed by atoms with Gasteiger partial charge in [0.15, 0.2) is 6.04 Å². The minimum Gasteiger partial charge on any atom is -0.480 e. The quantitative estimate of drug-likeness (QED) is 0.334. The zero-order valence-electron chi connectivity index (χ0n) is 14.6. The van der Waals surface area contributed by atoms with E-state index in [2.05, 4.69) is 10.6 Å². The van der Waals surface area contributed by atoms with Crippen LogP contribution in [0.1, 0.15) is 33.6 Å². The number of hydrogen-bond donors (Lipinski definition) is 5. The molecule has 4 unspecified atom stereocenters. The van der Waals surface area contributed by atoms with Crippen molar-refractivity contribution in [2.45, 2.75) is 57.8 Å². The van der Waals surface area contributed by atoms with Crippen LogP contribution >= 0.6 is 11.8 Å². The molecule has 0 saturated heterocycles. The van der Waals surface area contributed by atoms with Crippen molar-refractivity contribution < 1.29 is 24.6 Å². The molecule has 0 spiro atoms. The molecule has 2 amide bonds. The second kappa shape index (κ2) is 11.3. The van der Waals surface area contributed by atoms with Crippen LogP contribution in [0.25, 0.3) is 0 Å². The number of aliphatic carboxylic acids is 1. The van der Waals surface area contributed by atoms with Crippen LogP contribution in [0, 0.1) is 5.92 Å². The molecule has 0 aromatic heterocycles. The van der Waals surface area contributed by atoms with Gasteiger partial charge in [-0.05, 0) is 37.7 Å². The van der Waals surface area contributed by atoms with Crippen molar-refractivity contribution in [1.29, 1.82) is 0 Å². The molecule has 0 aromatic carbocycles. The summed E-state index contributed by atoms with van der Waals surface area (Å²) in [5.41, 5.74) is 5.79. The molecule has 0 fully saturated rings. The third-order valence-electron chi connectivity index (χ3n) is 3.36. The average Bonchev–Trinajstić information content (AvgIpc) is 2.47. The molecule has 0 aliphatic heterocycles. The number of carbonyl (C=O) groups is 3. The Balaban J connectivity index is 4.95. The van der Waals surface area contributed by atoms with E-state index in [0.717, 1.165) is 5.75 Å². The highest BCUT2D eigenvalue weighted by molar-refractivity contribution is 7.98. The molecule has 0 rings (SSSR count). The van der Waals surface area contributed by atoms with E-state index < -0.39 is 42.0 Å². The summed E-state index contributed by atoms with van der Waals surface area (Å²) in [7, 11) is 0. The summed E-state index contributed by atoms with van der Waals surface area (Å²) in [6.07, 6.45) is 1.46. The highest BCUT2D eigenvalue weighted by Crippen LogP contribution is 2.07. The summed E-state index contributed by atoms with van der Waals surface area (Å²) in [6.45, 7) is 5.03. The zero-order chi connectivity index (χ0) is 18.9. The van der Waals surface area contributed by atoms with Crippen molar-refractivity contribution in [3.05, 3.63) is 0 Å². The molecule has 6 N–H and O–H groups in total. The number of carboxylic acids is 1. The summed E-state index contributed by atoms with van der Waals surface area (Å²) in [6, 6.07) is -3.07. The Hall–Kier alpha value is -1.32. The molecule has 8 nitrogen and oxygen atoms in total. The number of thioether (sulfide) groups is 1. The minimum absolute atomic E-state index is 0.0956. The van der Waals surface area contributed by atoms with Gasteiger partial charge in [0.25, 0.3) is 0 Å². The van der Waals surface area contributed by atoms with Crippen LogP contribution in [0.5, 0.6) is 0 Å². The second-order valence-corrected chi connectivity index (χ2v) is 7.13. The van der Waals surface area contributed by atoms with E-state index in [1.165, 1.54) is 6.92 Å². The standard InChI is InChI=1S/C15H29N3O5S/c1-8(2)7-11(17-13(20)10(16)5-6-24-4)14(21)18-12(9(3)19)15(22)23/h8-12,19H,5-7,16H2,1-4H3,(H,17,20)(H,18,21)(H,22,23). The molecule has 140 valence electrons. The van der Waals surface area contributed by atoms with E-state index in [1.807, 2.05) is 20.1 Å². The molecule has 0 radical (unpaired) electrons. The smallest absolute Gasteiger partial charge is 0.328 e. The van der Waals surface area contributed by atoms with Crippen LogP contribution in [0.4, 0.5) is 0 Å². The summed E-state index contributed by atoms with van der Waals surface area (Å²) >= 11 is 1.57. The summed E-state index contributed by atoms with van der Waals surface area (Å²) in [5.74, 6) is -1.63. The Kier molecular flexibility index (Phi) is 10.7. The minimum atomic E-state index is -1.44. The molecule has 0 aromatic rings. The molecule has 9 heteroatoms. The fourth-order valence-corrected chi connectivity index (χ4v) is 2.49. The lowest BCUT2D eigenvalue weighted by Crippen LogP contribution is -2.56. The molecular formula is C15H29N3O5S. The molecule has 0 bridgehead atoms. The first-order valence-corrected chi connectivity index (χ1v) is 9.25. The Morgan fingerprint density at radius 2 is 1.71 bits per heavy atom. The highest BCUT2D eigenvalue weighted by Gasteiger charge is 2.30. The number of rotatable bonds is 11. The van der Waals surface area contributed by atoms with Crippen LogP contribution in [0.15, 0.2) is 0 Å². The number of aliphatic hydroxyl groups excluding tert-OH is 1. The van der Waals surface area contributed by atoms with Crippen molar-refractivity contribution >= 4 is 29.5 Å². The SMILES string of the molecule is CSCCC(N)C(=O)NC(CC(C)C)C(=O)NC(C(=O)O)C(C)O. The van der Waals surface area contributed by atoms with Gasteiger partial charge in [0.1, 0.15) is 6.04 Å². The van der Waals surface area contributed by atoms with E-state index in [9.17, 15) is 19.5 Å². The largest absolute Gasteiger partial charge is 0.480 e. The molecule has 0 aliphatic rings. The van der Waals surface area contributed by atoms with E-state index in [4.69, 9.17) is 10.8 Å². The van der Waals surface area contributed by atoms with Gasteiger partial charge in [0.05, 0.1) is 12.1 Å². The number of nitrogens with two attached hydrogens (primary N) is 1. The van der Waals surface area contributed by atoms with Crippen LogP contribution in [-0.4, -0.2) is 64.2 Å². The van der Waals surface area contributed by atoms with Crippen molar-refractivity contribution in [1.82, 2.24) is 10.6 Å². The van der Waals surface area contributed by atoms with E-state index in [1.54, 1.807) is 11.8 Å². The molecule has 0 heterocycles. The number of carboxylic acid groups (broad SMARTS) is 1. The topological polar surface area (TPSA) is 142 Å². The molecule has 4 atom stereocenters. The molecule has 24 heavy (non-hydrogen) atoms. The van der Waals surface area contributed by atoms with Gasteiger partial charge in [-0.15, -0.1) is 0 Å². The Labute approximate surface area is 146 Å². The Bertz CT molecular complexity index is 431. The van der Waals surface area contributed by atoms with Gasteiger partial charge in [-0.25, -0.2) is 4.79 Å². The van der Waals surface area contributed by atoms with Gasteiger partial charge in [0, 0.05) is 0 Å². The normalized spacial score (nSPS) is 16.1. The van der Waals surface area contributed by atoms with Gasteiger partial charge in [-0.3, -0.25) is 9.59 Å². The van der Waals surface area contributed by atoms with Gasteiger partial charge < -0.3 is 26.6 Å². The van der Waals surface area contributed by atoms with Crippen LogP contribution < -0.4 is 16.4 Å². The predicted octanol–water partition coefficient (Wildman–Crippen LogP) is -0.452. The van der Waals surface area contributed by atoms with Crippen LogP contribution in [-0.2, 0) is 14.4 Å². The number of hydrogen-bond acceptors (Lipinski definition) is 6. The zero-order valence-corrected chi connectivity index (χ0v) is 15.4. The maximum absolute atomic E-state index is 12.3. The number of amides is 2. The number of nitrogens with one attached hydrogen (secondary N) is 2. The first-order chi connectivity index (χ1) is 11.1. The van der Waals surface area contributed by atoms with Gasteiger partial charge in [0.2, 0.25) is 11.8 Å². The molecule has 0 aliphatic carbocycles. The van der Waals surface area contributed by atoms with Gasteiger partial charge in [-0.1, -0.05) is 13.8 Å². The lowest BCUT2D eigenvalue weighted by Gasteiger charge is -2.25. The van der Waals surface area contributed by atoms with E-state index in [-0.39, 0.29) is 5.92 Å². The fourth-order valence-electron chi connectivity index (χ4n) is 2.00. The van der Waals surface area contributed by atoms with Crippen LogP contribution in [0.2, 0.25) is 0 Å². The summed E-state index contributed by atoms with van der Waals surface area (Å²) in [5, 5.41) is 23.3. The van der Waals surface area contributed by atoms with Crippen molar-refractivity contribution in [3.8, 4) is 0 Å². The molecular weight excluding hydrogens is 334 g/mol. The maximum Gasteiger partial charge on any atom is 0.328 e. The average molecular weight is 363 g/mol. The first kappa shape index (κ1) is 22.7. The maximum atomic E-state index is 12.3. The first-order valence-electron chi connectivity index (χ1n) is 7.86. The van der Waals surface area contributed by atoms with Crippen molar-refractivity contribution in [2.75, 3.05) is 12.0 Å². The Morgan fingerprint density at radius 1 is 1.12 bits per heavy atom. The van der Waals surface area contributed by atoms with Crippen molar-refractivity contribution in [3.63, 3.8) is 0 Å². The summed E-state index contributed by atoms with van der Waals surface area (Å²) in [4.78, 5) is 35.5. The van der Waals surface area contributed by atoms with Gasteiger partial charge in [-0.2, -0.15) is 11.8 Å². The van der Waals surface area contributed by atoms with E-state index in [0.29, 0.717) is 12.8 Å².